The van der Waals surface area contributed by atoms with Crippen molar-refractivity contribution in [2.24, 2.45) is 0 Å². The van der Waals surface area contributed by atoms with E-state index in [1.165, 1.54) is 67.2 Å². The number of benzene rings is 2. The fraction of sp³-hybridized carbons (Fsp3) is 0.434. The van der Waals surface area contributed by atoms with Crippen LogP contribution < -0.4 is 30.4 Å². The van der Waals surface area contributed by atoms with E-state index in [4.69, 9.17) is 49.4 Å². The second-order valence-electron chi connectivity index (χ2n) is 18.1. The number of hydrogen-bond acceptors (Lipinski definition) is 20. The Labute approximate surface area is 464 Å². The number of pyridine rings is 2. The average Bonchev–Trinajstić information content (AvgIpc) is 4.30. The number of aromatic nitrogens is 2. The van der Waals surface area contributed by atoms with Gasteiger partial charge in [0.05, 0.1) is 76.9 Å². The third-order valence-corrected chi connectivity index (χ3v) is 17.3. The predicted molar refractivity (Wildman–Crippen MR) is 298 cm³/mol. The van der Waals surface area contributed by atoms with Crippen LogP contribution in [-0.4, -0.2) is 170 Å². The summed E-state index contributed by atoms with van der Waals surface area (Å²) in [5, 5.41) is 1.74. The fourth-order valence-electron chi connectivity index (χ4n) is 9.23. The first-order chi connectivity index (χ1) is 37.4. The highest BCUT2D eigenvalue weighted by Gasteiger charge is 2.46. The van der Waals surface area contributed by atoms with Gasteiger partial charge in [0.15, 0.2) is 35.5 Å². The van der Waals surface area contributed by atoms with Gasteiger partial charge >= 0.3 is 12.2 Å². The van der Waals surface area contributed by atoms with E-state index >= 15 is 0 Å². The van der Waals surface area contributed by atoms with Gasteiger partial charge in [-0.2, -0.15) is 0 Å². The second-order valence-corrected chi connectivity index (χ2v) is 23.0. The van der Waals surface area contributed by atoms with Crippen LogP contribution in [0.1, 0.15) is 52.8 Å². The van der Waals surface area contributed by atoms with Crippen molar-refractivity contribution in [3.8, 4) is 23.0 Å². The number of unbranched alkanes of at least 4 members (excludes halogenated alkanes) is 2. The molecule has 2 aromatic carbocycles. The monoisotopic (exact) mass is 1130 g/mol. The highest BCUT2D eigenvalue weighted by atomic mass is 33.1. The van der Waals surface area contributed by atoms with Gasteiger partial charge in [0, 0.05) is 60.5 Å². The van der Waals surface area contributed by atoms with Crippen LogP contribution in [0, 0.1) is 0 Å². The Bertz CT molecular complexity index is 2540. The molecular weight excluding hydrogens is 1070 g/mol. The molecule has 0 bridgehead atoms. The lowest BCUT2D eigenvalue weighted by Gasteiger charge is -2.33. The molecule has 2 aromatic heterocycles. The largest absolute Gasteiger partial charge is 0.493 e. The summed E-state index contributed by atoms with van der Waals surface area (Å²) >= 11 is 0. The van der Waals surface area contributed by atoms with Crippen LogP contribution in [0.25, 0.3) is 0 Å². The quantitative estimate of drug-likeness (QED) is 0.0291. The van der Waals surface area contributed by atoms with Gasteiger partial charge in [-0.25, -0.2) is 19.6 Å². The summed E-state index contributed by atoms with van der Waals surface area (Å²) in [7, 11) is 9.09. The standard InChI is InChI=1S/C53H64N8O12S4/c1-34-26-40(50-58(16-20-70-50)52(64)72-22-24-74-76-46-12-6-8-14-56-46)60(32-34)48(62)36-28-42(66-3)44(30-38(36)54)68-18-10-5-11-19-69-45-31-39(55)37(29-43(45)67-4)49(63)61-33-35(2)27-41(61)51-59(17-21-71-51)53(65)73-23-25-75-77-47-13-7-9-15-57-47/h6-9,12-15,28-31,40-41,50-51H,1-2,5,10-11,16-27,32-33,54-55H2,3-4H3/t40-,41-,50?,51?/m0/s1. The summed E-state index contributed by atoms with van der Waals surface area (Å²) in [6, 6.07) is 16.7. The van der Waals surface area contributed by atoms with E-state index in [1.54, 1.807) is 46.5 Å². The molecule has 4 aromatic rings. The Kier molecular flexibility index (Phi) is 20.7. The van der Waals surface area contributed by atoms with Crippen LogP contribution in [0.5, 0.6) is 23.0 Å². The van der Waals surface area contributed by atoms with Crippen molar-refractivity contribution in [2.45, 2.75) is 66.7 Å². The highest BCUT2D eigenvalue weighted by Crippen LogP contribution is 2.39. The molecule has 4 atom stereocenters. The predicted octanol–water partition coefficient (Wildman–Crippen LogP) is 8.30. The van der Waals surface area contributed by atoms with Gasteiger partial charge in [0.2, 0.25) is 0 Å². The smallest absolute Gasteiger partial charge is 0.412 e. The summed E-state index contributed by atoms with van der Waals surface area (Å²) in [6.07, 6.45) is 3.94. The number of nitrogens with zero attached hydrogens (tertiary/aromatic N) is 6. The van der Waals surface area contributed by atoms with E-state index in [-0.39, 0.29) is 60.6 Å². The molecule has 0 saturated carbocycles. The number of ether oxygens (including phenoxy) is 8. The van der Waals surface area contributed by atoms with Crippen LogP contribution in [-0.2, 0) is 18.9 Å². The van der Waals surface area contributed by atoms with Crippen molar-refractivity contribution < 1.29 is 57.1 Å². The van der Waals surface area contributed by atoms with Crippen LogP contribution >= 0.6 is 43.2 Å². The molecule has 4 aliphatic heterocycles. The van der Waals surface area contributed by atoms with Gasteiger partial charge in [-0.05, 0) is 90.1 Å². The third-order valence-electron chi connectivity index (χ3n) is 12.9. The minimum atomic E-state index is -0.722. The van der Waals surface area contributed by atoms with Crippen LogP contribution in [0.2, 0.25) is 0 Å². The summed E-state index contributed by atoms with van der Waals surface area (Å²) in [5.41, 5.74) is 15.6. The van der Waals surface area contributed by atoms with Gasteiger partial charge < -0.3 is 59.2 Å². The Balaban J connectivity index is 0.784. The fourth-order valence-corrected chi connectivity index (χ4v) is 12.6. The lowest BCUT2D eigenvalue weighted by atomic mass is 10.1. The van der Waals surface area contributed by atoms with Crippen LogP contribution in [0.4, 0.5) is 21.0 Å². The molecule has 0 spiro atoms. The van der Waals surface area contributed by atoms with Crippen molar-refractivity contribution in [1.29, 1.82) is 0 Å². The maximum atomic E-state index is 14.2. The van der Waals surface area contributed by atoms with Gasteiger partial charge in [-0.15, -0.1) is 0 Å². The van der Waals surface area contributed by atoms with Gasteiger partial charge in [0.1, 0.15) is 23.3 Å². The number of rotatable bonds is 24. The zero-order valence-corrected chi connectivity index (χ0v) is 46.3. The normalized spacial score (nSPS) is 19.2. The molecule has 77 heavy (non-hydrogen) atoms. The van der Waals surface area contributed by atoms with Gasteiger partial charge in [-0.1, -0.05) is 58.0 Å². The van der Waals surface area contributed by atoms with E-state index in [2.05, 4.69) is 23.1 Å². The van der Waals surface area contributed by atoms with Gasteiger partial charge in [0.25, 0.3) is 11.8 Å². The third kappa shape index (κ3) is 14.7. The van der Waals surface area contributed by atoms with Crippen molar-refractivity contribution >= 4 is 78.6 Å². The van der Waals surface area contributed by atoms with Crippen molar-refractivity contribution in [2.75, 3.05) is 103 Å². The first-order valence-electron chi connectivity index (χ1n) is 25.1. The van der Waals surface area contributed by atoms with Crippen molar-refractivity contribution in [3.63, 3.8) is 0 Å². The minimum Gasteiger partial charge on any atom is -0.493 e. The highest BCUT2D eigenvalue weighted by molar-refractivity contribution is 8.77. The molecule has 4 N–H and O–H groups in total. The van der Waals surface area contributed by atoms with Crippen LogP contribution in [0.3, 0.4) is 0 Å². The number of hydrogen-bond donors (Lipinski definition) is 2. The Morgan fingerprint density at radius 3 is 1.45 bits per heavy atom. The molecule has 4 fully saturated rings. The minimum absolute atomic E-state index is 0.202. The summed E-state index contributed by atoms with van der Waals surface area (Å²) in [4.78, 5) is 69.9. The van der Waals surface area contributed by atoms with E-state index in [0.717, 1.165) is 27.6 Å². The number of anilines is 2. The second kappa shape index (κ2) is 27.9. The van der Waals surface area contributed by atoms with Crippen molar-refractivity contribution in [1.82, 2.24) is 29.6 Å². The van der Waals surface area contributed by atoms with E-state index in [9.17, 15) is 19.2 Å². The molecule has 4 amide bonds. The van der Waals surface area contributed by atoms with Crippen LogP contribution in [0.15, 0.2) is 107 Å². The molecule has 8 rings (SSSR count). The average molecular weight is 1130 g/mol. The molecule has 20 nitrogen and oxygen atoms in total. The number of nitrogen functional groups attached to an aromatic ring is 2. The topological polar surface area (TPSA) is 233 Å². The number of likely N-dealkylation sites (tertiary alicyclic amines) is 2. The Morgan fingerprint density at radius 1 is 0.610 bits per heavy atom. The van der Waals surface area contributed by atoms with E-state index in [0.29, 0.717) is 99.7 Å². The first-order valence-corrected chi connectivity index (χ1v) is 29.7. The number of nitrogens with two attached hydrogens (primary N) is 2. The molecule has 0 aliphatic carbocycles. The zero-order valence-electron chi connectivity index (χ0n) is 43.0. The van der Waals surface area contributed by atoms with E-state index in [1.807, 2.05) is 36.4 Å². The lowest BCUT2D eigenvalue weighted by Crippen LogP contribution is -2.51. The Hall–Kier alpha value is -6.18. The maximum absolute atomic E-state index is 14.2. The maximum Gasteiger partial charge on any atom is 0.412 e. The molecule has 2 unspecified atom stereocenters. The summed E-state index contributed by atoms with van der Waals surface area (Å²) < 4.78 is 46.9. The zero-order chi connectivity index (χ0) is 54.3. The molecule has 4 aliphatic rings. The summed E-state index contributed by atoms with van der Waals surface area (Å²) in [6.45, 7) is 11.2. The number of amides is 4. The molecule has 412 valence electrons. The number of carbonyl (C=O) groups is 4. The lowest BCUT2D eigenvalue weighted by molar-refractivity contribution is -0.0201. The molecule has 24 heteroatoms. The van der Waals surface area contributed by atoms with Crippen molar-refractivity contribution in [3.05, 3.63) is 108 Å². The first kappa shape index (κ1) is 57.0. The molecular formula is C53H64N8O12S4. The SMILES string of the molecule is C=C1C[C@@H](C2OCCN2C(=O)OCCSSc2ccccn2)N(C(=O)c2cc(OC)c(OCCCCCOc3cc(N)c(C(=O)N4CC(=C)C[C@H]4C4OCCN4C(=O)OCCSSc4ccccn4)cc3OC)cc2N)C1. The number of methoxy groups -OCH3 is 2. The molecule has 4 saturated heterocycles. The molecule has 6 heterocycles. The summed E-state index contributed by atoms with van der Waals surface area (Å²) in [5.74, 6) is 1.88. The number of carbonyl (C=O) groups excluding carboxylic acids is 4. The Morgan fingerprint density at radius 2 is 1.05 bits per heavy atom. The van der Waals surface area contributed by atoms with E-state index < -0.39 is 36.7 Å². The molecule has 0 radical (unpaired) electrons. The van der Waals surface area contributed by atoms with Gasteiger partial charge in [-0.3, -0.25) is 19.4 Å².